The second-order valence-corrected chi connectivity index (χ2v) is 3.50. The van der Waals surface area contributed by atoms with Crippen LogP contribution in [0, 0.1) is 0 Å². The third-order valence-electron chi connectivity index (χ3n) is 2.21. The number of aromatic nitrogens is 4. The topological polar surface area (TPSA) is 105 Å². The number of aliphatic hydroxyl groups excluding tert-OH is 1. The molecule has 2 rings (SSSR count). The molecule has 0 aliphatic heterocycles. The number of nitrogens with one attached hydrogen (secondary N) is 2. The predicted octanol–water partition coefficient (Wildman–Crippen LogP) is -1.16. The second-order valence-electron chi connectivity index (χ2n) is 3.50. The Morgan fingerprint density at radius 2 is 2.47 bits per heavy atom. The first-order chi connectivity index (χ1) is 8.24. The number of H-pyrrole nitrogens is 1. The molecule has 0 saturated carbocycles. The molecule has 92 valence electrons. The van der Waals surface area contributed by atoms with Crippen molar-refractivity contribution in [3.05, 3.63) is 22.6 Å². The first-order valence-corrected chi connectivity index (χ1v) is 5.05. The van der Waals surface area contributed by atoms with E-state index >= 15 is 0 Å². The molecule has 17 heavy (non-hydrogen) atoms. The number of hydrogen-bond acceptors (Lipinski definition) is 6. The van der Waals surface area contributed by atoms with Crippen molar-refractivity contribution in [3.63, 3.8) is 0 Å². The van der Waals surface area contributed by atoms with Crippen molar-refractivity contribution in [2.75, 3.05) is 25.6 Å². The van der Waals surface area contributed by atoms with Crippen LogP contribution in [-0.2, 0) is 4.74 Å². The molecule has 1 atom stereocenters. The van der Waals surface area contributed by atoms with Gasteiger partial charge in [0.15, 0.2) is 5.65 Å². The second kappa shape index (κ2) is 4.93. The van der Waals surface area contributed by atoms with E-state index in [1.165, 1.54) is 0 Å². The third kappa shape index (κ3) is 2.43. The highest BCUT2D eigenvalue weighted by Gasteiger charge is 2.09. The van der Waals surface area contributed by atoms with Gasteiger partial charge in [0, 0.05) is 7.11 Å². The summed E-state index contributed by atoms with van der Waals surface area (Å²) >= 11 is 0. The molecule has 1 unspecified atom stereocenters. The van der Waals surface area contributed by atoms with Crippen LogP contribution in [0.15, 0.2) is 16.9 Å². The van der Waals surface area contributed by atoms with Crippen LogP contribution in [0.4, 0.5) is 5.82 Å². The number of aromatic amines is 1. The van der Waals surface area contributed by atoms with Gasteiger partial charge in [-0.15, -0.1) is 5.10 Å². The minimum atomic E-state index is -0.407. The number of fused-ring (bicyclic) bond motifs is 1. The molecule has 0 bridgehead atoms. The molecule has 0 aromatic carbocycles. The van der Waals surface area contributed by atoms with Crippen molar-refractivity contribution in [2.24, 2.45) is 0 Å². The lowest BCUT2D eigenvalue weighted by Crippen LogP contribution is -2.29. The Hall–Kier alpha value is -1.93. The normalized spacial score (nSPS) is 12.8. The third-order valence-corrected chi connectivity index (χ3v) is 2.21. The molecule has 0 radical (unpaired) electrons. The lowest BCUT2D eigenvalue weighted by Gasteiger charge is -2.15. The number of ether oxygens (including phenoxy) is 1. The Kier molecular flexibility index (Phi) is 3.35. The Balaban J connectivity index is 2.23. The van der Waals surface area contributed by atoms with Gasteiger partial charge in [-0.3, -0.25) is 0 Å². The molecule has 8 nitrogen and oxygen atoms in total. The van der Waals surface area contributed by atoms with Crippen LogP contribution in [0.2, 0.25) is 0 Å². The lowest BCUT2D eigenvalue weighted by molar-refractivity contribution is 0.153. The maximum absolute atomic E-state index is 11.3. The van der Waals surface area contributed by atoms with E-state index in [9.17, 15) is 4.79 Å². The fourth-order valence-electron chi connectivity index (χ4n) is 1.43. The van der Waals surface area contributed by atoms with Crippen LogP contribution in [0.1, 0.15) is 0 Å². The molecule has 0 spiro atoms. The van der Waals surface area contributed by atoms with E-state index in [1.54, 1.807) is 19.2 Å². The van der Waals surface area contributed by atoms with Crippen molar-refractivity contribution in [3.8, 4) is 0 Å². The fourth-order valence-corrected chi connectivity index (χ4v) is 1.43. The zero-order chi connectivity index (χ0) is 12.3. The summed E-state index contributed by atoms with van der Waals surface area (Å²) in [6.07, 6.45) is 0. The molecule has 8 heteroatoms. The summed E-state index contributed by atoms with van der Waals surface area (Å²) in [4.78, 5) is 11.3. The van der Waals surface area contributed by atoms with E-state index in [2.05, 4.69) is 20.6 Å². The molecule has 0 fully saturated rings. The van der Waals surface area contributed by atoms with E-state index in [0.717, 1.165) is 4.52 Å². The summed E-state index contributed by atoms with van der Waals surface area (Å²) in [6.45, 7) is 0.254. The molecular formula is C9H13N5O3. The van der Waals surface area contributed by atoms with E-state index in [1.807, 2.05) is 0 Å². The average Bonchev–Trinajstić information content (AvgIpc) is 2.70. The SMILES string of the molecule is COCC(CO)Nc1ccc2n[nH]c(=O)n2n1. The van der Waals surface area contributed by atoms with Gasteiger partial charge in [-0.05, 0) is 12.1 Å². The van der Waals surface area contributed by atoms with Crippen LogP contribution in [0.25, 0.3) is 5.65 Å². The summed E-state index contributed by atoms with van der Waals surface area (Å²) in [5.74, 6) is 0.470. The monoisotopic (exact) mass is 239 g/mol. The maximum atomic E-state index is 11.3. The van der Waals surface area contributed by atoms with E-state index in [0.29, 0.717) is 18.1 Å². The van der Waals surface area contributed by atoms with Gasteiger partial charge in [0.2, 0.25) is 0 Å². The van der Waals surface area contributed by atoms with Crippen molar-refractivity contribution < 1.29 is 9.84 Å². The summed E-state index contributed by atoms with van der Waals surface area (Å²) in [5.41, 5.74) is 0.0313. The summed E-state index contributed by atoms with van der Waals surface area (Å²) in [7, 11) is 1.54. The highest BCUT2D eigenvalue weighted by Crippen LogP contribution is 2.04. The minimum Gasteiger partial charge on any atom is -0.394 e. The van der Waals surface area contributed by atoms with Gasteiger partial charge in [0.1, 0.15) is 5.82 Å². The van der Waals surface area contributed by atoms with Crippen LogP contribution in [0.5, 0.6) is 0 Å². The smallest absolute Gasteiger partial charge is 0.364 e. The zero-order valence-corrected chi connectivity index (χ0v) is 9.25. The molecule has 2 aromatic heterocycles. The van der Waals surface area contributed by atoms with Gasteiger partial charge >= 0.3 is 5.69 Å². The van der Waals surface area contributed by atoms with Gasteiger partial charge in [-0.25, -0.2) is 9.89 Å². The summed E-state index contributed by atoms with van der Waals surface area (Å²) in [5, 5.41) is 22.1. The van der Waals surface area contributed by atoms with Crippen molar-refractivity contribution >= 4 is 11.5 Å². The molecule has 0 saturated heterocycles. The van der Waals surface area contributed by atoms with Crippen LogP contribution in [0.3, 0.4) is 0 Å². The lowest BCUT2D eigenvalue weighted by atomic mass is 10.3. The highest BCUT2D eigenvalue weighted by atomic mass is 16.5. The van der Waals surface area contributed by atoms with Crippen molar-refractivity contribution in [1.82, 2.24) is 19.8 Å². The van der Waals surface area contributed by atoms with Gasteiger partial charge in [-0.2, -0.15) is 9.61 Å². The van der Waals surface area contributed by atoms with Crippen LogP contribution in [-0.4, -0.2) is 51.3 Å². The Morgan fingerprint density at radius 3 is 3.18 bits per heavy atom. The zero-order valence-electron chi connectivity index (χ0n) is 9.25. The summed E-state index contributed by atoms with van der Waals surface area (Å²) in [6, 6.07) is 3.05. The van der Waals surface area contributed by atoms with Gasteiger partial charge in [-0.1, -0.05) is 0 Å². The quantitative estimate of drug-likeness (QED) is 0.607. The molecule has 3 N–H and O–H groups in total. The first kappa shape index (κ1) is 11.6. The van der Waals surface area contributed by atoms with Crippen LogP contribution >= 0.6 is 0 Å². The fraction of sp³-hybridized carbons (Fsp3) is 0.444. The largest absolute Gasteiger partial charge is 0.394 e. The number of hydrogen-bond donors (Lipinski definition) is 3. The minimum absolute atomic E-state index is 0.0894. The number of nitrogens with zero attached hydrogens (tertiary/aromatic N) is 3. The molecular weight excluding hydrogens is 226 g/mol. The average molecular weight is 239 g/mol. The van der Waals surface area contributed by atoms with Gasteiger partial charge in [0.25, 0.3) is 0 Å². The molecule has 2 heterocycles. The molecule has 0 aliphatic carbocycles. The Morgan fingerprint density at radius 1 is 1.65 bits per heavy atom. The standard InChI is InChI=1S/C9H13N5O3/c1-17-5-6(4-15)10-7-2-3-8-11-12-9(16)14(8)13-7/h2-3,6,15H,4-5H2,1H3,(H,10,13)(H,12,16). The number of aliphatic hydroxyl groups is 1. The predicted molar refractivity (Wildman–Crippen MR) is 60.0 cm³/mol. The van der Waals surface area contributed by atoms with Gasteiger partial charge < -0.3 is 15.2 Å². The van der Waals surface area contributed by atoms with Crippen molar-refractivity contribution in [1.29, 1.82) is 0 Å². The van der Waals surface area contributed by atoms with E-state index in [-0.39, 0.29) is 12.6 Å². The summed E-state index contributed by atoms with van der Waals surface area (Å²) < 4.78 is 6.07. The molecule has 2 aromatic rings. The highest BCUT2D eigenvalue weighted by molar-refractivity contribution is 5.43. The number of anilines is 1. The van der Waals surface area contributed by atoms with Crippen LogP contribution < -0.4 is 11.0 Å². The number of rotatable bonds is 5. The van der Waals surface area contributed by atoms with Crippen molar-refractivity contribution in [2.45, 2.75) is 6.04 Å². The Labute approximate surface area is 96.2 Å². The first-order valence-electron chi connectivity index (χ1n) is 5.05. The molecule has 0 aliphatic rings. The number of methoxy groups -OCH3 is 1. The van der Waals surface area contributed by atoms with E-state index in [4.69, 9.17) is 9.84 Å². The Bertz CT molecular complexity index is 549. The van der Waals surface area contributed by atoms with E-state index < -0.39 is 5.69 Å². The van der Waals surface area contributed by atoms with Gasteiger partial charge in [0.05, 0.1) is 19.3 Å². The maximum Gasteiger partial charge on any atom is 0.364 e. The molecule has 0 amide bonds.